The average molecular weight is 384 g/mol. The quantitative estimate of drug-likeness (QED) is 0.731. The molecule has 2 aliphatic rings. The van der Waals surface area contributed by atoms with Gasteiger partial charge in [0.05, 0.1) is 12.1 Å². The lowest BCUT2D eigenvalue weighted by Crippen LogP contribution is -2.47. The van der Waals surface area contributed by atoms with Gasteiger partial charge in [0.25, 0.3) is 0 Å². The summed E-state index contributed by atoms with van der Waals surface area (Å²) in [6.45, 7) is 0.678. The number of halogens is 1. The van der Waals surface area contributed by atoms with E-state index in [1.807, 2.05) is 42.5 Å². The first-order valence-corrected chi connectivity index (χ1v) is 9.81. The van der Waals surface area contributed by atoms with Crippen LogP contribution in [0.25, 0.3) is 0 Å². The minimum absolute atomic E-state index is 0.0933. The van der Waals surface area contributed by atoms with E-state index in [1.165, 1.54) is 17.5 Å². The van der Waals surface area contributed by atoms with E-state index >= 15 is 0 Å². The topological polar surface area (TPSA) is 45.0 Å². The Morgan fingerprint density at radius 3 is 2.62 bits per heavy atom. The Morgan fingerprint density at radius 1 is 1.08 bits per heavy atom. The Kier molecular flexibility index (Phi) is 5.09. The number of aliphatic imine (C=N–C) groups is 1. The standard InChI is InChI=1S/C20H18ClN3OS/c21-16-10-8-15(9-11-16)17-18-19(26-23-17)20(25)24(13-22-18)12-4-7-14-5-2-1-3-6-14/h1-3,5-6,8-11,13,18-19H,4,7,12H2. The van der Waals surface area contributed by atoms with Crippen molar-refractivity contribution in [1.29, 1.82) is 0 Å². The van der Waals surface area contributed by atoms with Crippen molar-refractivity contribution >= 4 is 41.5 Å². The third kappa shape index (κ3) is 3.55. The first kappa shape index (κ1) is 17.3. The van der Waals surface area contributed by atoms with Crippen LogP contribution in [0.5, 0.6) is 0 Å². The van der Waals surface area contributed by atoms with E-state index in [0.29, 0.717) is 11.6 Å². The molecule has 132 valence electrons. The van der Waals surface area contributed by atoms with Gasteiger partial charge in [-0.15, -0.1) is 0 Å². The summed E-state index contributed by atoms with van der Waals surface area (Å²) in [7, 11) is 0. The number of amides is 1. The van der Waals surface area contributed by atoms with Crippen molar-refractivity contribution in [2.24, 2.45) is 9.39 Å². The second-order valence-corrected chi connectivity index (χ2v) is 7.68. The van der Waals surface area contributed by atoms with Gasteiger partial charge in [-0.05, 0) is 48.0 Å². The van der Waals surface area contributed by atoms with Crippen LogP contribution >= 0.6 is 23.5 Å². The molecule has 1 amide bonds. The van der Waals surface area contributed by atoms with Crippen LogP contribution in [0.1, 0.15) is 17.5 Å². The highest BCUT2D eigenvalue weighted by Gasteiger charge is 2.42. The molecular formula is C20H18ClN3OS. The number of aryl methyl sites for hydroxylation is 1. The molecule has 0 radical (unpaired) electrons. The predicted molar refractivity (Wildman–Crippen MR) is 108 cm³/mol. The van der Waals surface area contributed by atoms with Gasteiger partial charge in [-0.3, -0.25) is 9.79 Å². The van der Waals surface area contributed by atoms with Gasteiger partial charge in [-0.1, -0.05) is 54.1 Å². The molecule has 2 atom stereocenters. The molecule has 0 saturated heterocycles. The highest BCUT2D eigenvalue weighted by molar-refractivity contribution is 8.00. The summed E-state index contributed by atoms with van der Waals surface area (Å²) in [4.78, 5) is 19.2. The predicted octanol–water partition coefficient (Wildman–Crippen LogP) is 4.03. The van der Waals surface area contributed by atoms with Gasteiger partial charge >= 0.3 is 0 Å². The maximum atomic E-state index is 12.8. The molecule has 2 unspecified atom stereocenters. The van der Waals surface area contributed by atoms with Crippen molar-refractivity contribution in [2.75, 3.05) is 6.54 Å². The lowest BCUT2D eigenvalue weighted by Gasteiger charge is -2.28. The SMILES string of the molecule is O=C1C2SN=C(c3ccc(Cl)cc3)C2N=CN1CCCc1ccccc1. The van der Waals surface area contributed by atoms with Gasteiger partial charge < -0.3 is 4.90 Å². The summed E-state index contributed by atoms with van der Waals surface area (Å²) >= 11 is 7.28. The van der Waals surface area contributed by atoms with Gasteiger partial charge in [0.1, 0.15) is 11.3 Å². The molecule has 4 rings (SSSR count). The second kappa shape index (κ2) is 7.64. The normalized spacial score (nSPS) is 21.7. The molecule has 6 heteroatoms. The number of hydrogen-bond donors (Lipinski definition) is 0. The van der Waals surface area contributed by atoms with Crippen molar-refractivity contribution in [1.82, 2.24) is 4.90 Å². The number of hydrogen-bond acceptors (Lipinski definition) is 4. The summed E-state index contributed by atoms with van der Waals surface area (Å²) in [5.74, 6) is 0.0933. The number of fused-ring (bicyclic) bond motifs is 1. The number of carbonyl (C=O) groups is 1. The van der Waals surface area contributed by atoms with Crippen LogP contribution in [-0.4, -0.2) is 40.7 Å². The van der Waals surface area contributed by atoms with Crippen molar-refractivity contribution in [3.05, 3.63) is 70.7 Å². The molecule has 0 aromatic heterocycles. The van der Waals surface area contributed by atoms with Crippen molar-refractivity contribution in [2.45, 2.75) is 24.1 Å². The highest BCUT2D eigenvalue weighted by atomic mass is 35.5. The maximum absolute atomic E-state index is 12.8. The first-order chi connectivity index (χ1) is 12.7. The first-order valence-electron chi connectivity index (χ1n) is 8.60. The molecule has 0 fully saturated rings. The van der Waals surface area contributed by atoms with Crippen LogP contribution < -0.4 is 0 Å². The maximum Gasteiger partial charge on any atom is 0.245 e. The van der Waals surface area contributed by atoms with Crippen molar-refractivity contribution in [3.63, 3.8) is 0 Å². The van der Waals surface area contributed by atoms with Gasteiger partial charge in [0.15, 0.2) is 0 Å². The lowest BCUT2D eigenvalue weighted by molar-refractivity contribution is -0.127. The van der Waals surface area contributed by atoms with E-state index < -0.39 is 0 Å². The molecule has 26 heavy (non-hydrogen) atoms. The molecule has 0 N–H and O–H groups in total. The van der Waals surface area contributed by atoms with E-state index in [1.54, 1.807) is 11.2 Å². The Morgan fingerprint density at radius 2 is 1.85 bits per heavy atom. The zero-order valence-electron chi connectivity index (χ0n) is 14.1. The monoisotopic (exact) mass is 383 g/mol. The number of rotatable bonds is 5. The lowest BCUT2D eigenvalue weighted by atomic mass is 9.99. The van der Waals surface area contributed by atoms with Crippen molar-refractivity contribution < 1.29 is 4.79 Å². The van der Waals surface area contributed by atoms with Crippen molar-refractivity contribution in [3.8, 4) is 0 Å². The summed E-state index contributed by atoms with van der Waals surface area (Å²) in [5, 5.41) is 0.423. The average Bonchev–Trinajstić information content (AvgIpc) is 3.10. The second-order valence-electron chi connectivity index (χ2n) is 6.34. The number of nitrogens with zero attached hydrogens (tertiary/aromatic N) is 3. The minimum Gasteiger partial charge on any atom is -0.302 e. The van der Waals surface area contributed by atoms with Crippen LogP contribution in [0.3, 0.4) is 0 Å². The van der Waals surface area contributed by atoms with Gasteiger partial charge in [0.2, 0.25) is 5.91 Å². The van der Waals surface area contributed by atoms with E-state index in [4.69, 9.17) is 11.6 Å². The molecule has 2 heterocycles. The summed E-state index contributed by atoms with van der Waals surface area (Å²) in [6, 6.07) is 17.6. The minimum atomic E-state index is -0.262. The third-order valence-corrected chi connectivity index (χ3v) is 5.81. The van der Waals surface area contributed by atoms with Crippen LogP contribution in [0, 0.1) is 0 Å². The van der Waals surface area contributed by atoms with Crippen LogP contribution in [0.4, 0.5) is 0 Å². The molecule has 0 spiro atoms. The van der Waals surface area contributed by atoms with Crippen LogP contribution in [0.15, 0.2) is 64.0 Å². The highest BCUT2D eigenvalue weighted by Crippen LogP contribution is 2.34. The molecule has 2 aliphatic heterocycles. The Hall–Kier alpha value is -2.11. The zero-order chi connectivity index (χ0) is 17.9. The Labute approximate surface area is 162 Å². The van der Waals surface area contributed by atoms with Crippen LogP contribution in [0.2, 0.25) is 5.02 Å². The summed E-state index contributed by atoms with van der Waals surface area (Å²) in [5.41, 5.74) is 3.11. The van der Waals surface area contributed by atoms with Crippen LogP contribution in [-0.2, 0) is 11.2 Å². The molecule has 2 aromatic rings. The number of benzene rings is 2. The fraction of sp³-hybridized carbons (Fsp3) is 0.250. The molecule has 4 nitrogen and oxygen atoms in total. The van der Waals surface area contributed by atoms with Gasteiger partial charge in [-0.2, -0.15) is 0 Å². The fourth-order valence-corrected chi connectivity index (χ4v) is 4.29. The van der Waals surface area contributed by atoms with Gasteiger partial charge in [0, 0.05) is 11.6 Å². The molecule has 0 saturated carbocycles. The molecule has 2 aromatic carbocycles. The van der Waals surface area contributed by atoms with E-state index in [0.717, 1.165) is 24.1 Å². The summed E-state index contributed by atoms with van der Waals surface area (Å²) in [6.07, 6.45) is 3.55. The fourth-order valence-electron chi connectivity index (χ4n) is 3.18. The largest absolute Gasteiger partial charge is 0.302 e. The van der Waals surface area contributed by atoms with E-state index in [2.05, 4.69) is 21.5 Å². The van der Waals surface area contributed by atoms with E-state index in [9.17, 15) is 4.79 Å². The molecule has 0 bridgehead atoms. The molecular weight excluding hydrogens is 366 g/mol. The van der Waals surface area contributed by atoms with Gasteiger partial charge in [-0.25, -0.2) is 4.40 Å². The molecule has 0 aliphatic carbocycles. The Balaban J connectivity index is 1.40. The zero-order valence-corrected chi connectivity index (χ0v) is 15.7. The van der Waals surface area contributed by atoms with E-state index in [-0.39, 0.29) is 17.2 Å². The third-order valence-electron chi connectivity index (χ3n) is 4.57. The summed E-state index contributed by atoms with van der Waals surface area (Å²) < 4.78 is 4.52. The smallest absolute Gasteiger partial charge is 0.245 e. The Bertz CT molecular complexity index is 851. The number of carbonyl (C=O) groups excluding carboxylic acids is 1.